The van der Waals surface area contributed by atoms with Gasteiger partial charge in [-0.25, -0.2) is 8.42 Å². The van der Waals surface area contributed by atoms with Gasteiger partial charge in [0.25, 0.3) is 0 Å². The lowest BCUT2D eigenvalue weighted by Gasteiger charge is -2.16. The molecule has 0 fully saturated rings. The number of sulfonamides is 1. The van der Waals surface area contributed by atoms with Gasteiger partial charge in [-0.1, -0.05) is 38.1 Å². The van der Waals surface area contributed by atoms with Crippen LogP contribution in [0.4, 0.5) is 5.69 Å². The Hall–Kier alpha value is -1.88. The number of nitrogens with zero attached hydrogens (tertiary/aromatic N) is 1. The van der Waals surface area contributed by atoms with Crippen LogP contribution in [-0.4, -0.2) is 19.2 Å². The Bertz CT molecular complexity index is 700. The van der Waals surface area contributed by atoms with Crippen molar-refractivity contribution in [3.8, 4) is 0 Å². The number of pyridine rings is 1. The molecular formula is C17H22N2O2S. The van der Waals surface area contributed by atoms with E-state index in [1.807, 2.05) is 42.5 Å². The SMILES string of the molecule is CCC(C)c1ccccc1NS(=O)(=O)CCc1ccccn1. The van der Waals surface area contributed by atoms with Gasteiger partial charge in [0, 0.05) is 18.3 Å². The molecule has 5 heteroatoms. The zero-order chi connectivity index (χ0) is 16.0. The van der Waals surface area contributed by atoms with Crippen LogP contribution in [0, 0.1) is 0 Å². The van der Waals surface area contributed by atoms with E-state index in [9.17, 15) is 8.42 Å². The van der Waals surface area contributed by atoms with E-state index in [1.165, 1.54) is 0 Å². The Kier molecular flexibility index (Phi) is 5.55. The highest BCUT2D eigenvalue weighted by atomic mass is 32.2. The van der Waals surface area contributed by atoms with E-state index >= 15 is 0 Å². The topological polar surface area (TPSA) is 59.1 Å². The summed E-state index contributed by atoms with van der Waals surface area (Å²) in [6, 6.07) is 13.1. The largest absolute Gasteiger partial charge is 0.283 e. The molecule has 1 heterocycles. The molecule has 0 saturated carbocycles. The molecule has 1 unspecified atom stereocenters. The molecular weight excluding hydrogens is 296 g/mol. The number of nitrogens with one attached hydrogen (secondary N) is 1. The van der Waals surface area contributed by atoms with Gasteiger partial charge in [-0.15, -0.1) is 0 Å². The normalized spacial score (nSPS) is 12.8. The van der Waals surface area contributed by atoms with Crippen molar-refractivity contribution in [3.63, 3.8) is 0 Å². The lowest BCUT2D eigenvalue weighted by atomic mass is 9.97. The summed E-state index contributed by atoms with van der Waals surface area (Å²) >= 11 is 0. The first-order chi connectivity index (χ1) is 10.5. The van der Waals surface area contributed by atoms with E-state index in [2.05, 4.69) is 23.6 Å². The van der Waals surface area contributed by atoms with Crippen LogP contribution in [-0.2, 0) is 16.4 Å². The highest BCUT2D eigenvalue weighted by molar-refractivity contribution is 7.92. The molecule has 118 valence electrons. The summed E-state index contributed by atoms with van der Waals surface area (Å²) in [6.07, 6.45) is 3.04. The van der Waals surface area contributed by atoms with Crippen LogP contribution in [0.25, 0.3) is 0 Å². The molecule has 0 radical (unpaired) electrons. The summed E-state index contributed by atoms with van der Waals surface area (Å²) in [5, 5.41) is 0. The quantitative estimate of drug-likeness (QED) is 0.849. The number of hydrogen-bond donors (Lipinski definition) is 1. The lowest BCUT2D eigenvalue weighted by molar-refractivity contribution is 0.600. The number of aryl methyl sites for hydroxylation is 1. The monoisotopic (exact) mass is 318 g/mol. The third-order valence-corrected chi connectivity index (χ3v) is 5.00. The van der Waals surface area contributed by atoms with Gasteiger partial charge in [-0.3, -0.25) is 9.71 Å². The number of benzene rings is 1. The highest BCUT2D eigenvalue weighted by Gasteiger charge is 2.15. The van der Waals surface area contributed by atoms with Crippen molar-refractivity contribution in [2.24, 2.45) is 0 Å². The second-order valence-corrected chi connectivity index (χ2v) is 7.23. The van der Waals surface area contributed by atoms with Crippen LogP contribution in [0.5, 0.6) is 0 Å². The first-order valence-electron chi connectivity index (χ1n) is 7.51. The number of rotatable bonds is 7. The molecule has 2 aromatic rings. The average Bonchev–Trinajstić information content (AvgIpc) is 2.53. The Morgan fingerprint density at radius 2 is 1.86 bits per heavy atom. The van der Waals surface area contributed by atoms with Crippen LogP contribution < -0.4 is 4.72 Å². The Morgan fingerprint density at radius 1 is 1.14 bits per heavy atom. The summed E-state index contributed by atoms with van der Waals surface area (Å²) in [5.74, 6) is 0.341. The standard InChI is InChI=1S/C17H22N2O2S/c1-3-14(2)16-9-4-5-10-17(16)19-22(20,21)13-11-15-8-6-7-12-18-15/h4-10,12,14,19H,3,11,13H2,1-2H3. The van der Waals surface area contributed by atoms with Gasteiger partial charge in [-0.2, -0.15) is 0 Å². The number of hydrogen-bond acceptors (Lipinski definition) is 3. The Labute approximate surface area is 132 Å². The minimum atomic E-state index is -3.39. The lowest BCUT2D eigenvalue weighted by Crippen LogP contribution is -2.19. The van der Waals surface area contributed by atoms with Gasteiger partial charge in [0.15, 0.2) is 0 Å². The molecule has 0 aliphatic heterocycles. The van der Waals surface area contributed by atoms with Gasteiger partial charge < -0.3 is 0 Å². The average molecular weight is 318 g/mol. The molecule has 22 heavy (non-hydrogen) atoms. The molecule has 1 aromatic carbocycles. The smallest absolute Gasteiger partial charge is 0.233 e. The molecule has 0 saturated heterocycles. The van der Waals surface area contributed by atoms with E-state index in [-0.39, 0.29) is 5.75 Å². The minimum Gasteiger partial charge on any atom is -0.283 e. The van der Waals surface area contributed by atoms with Crippen molar-refractivity contribution in [2.75, 3.05) is 10.5 Å². The molecule has 0 bridgehead atoms. The summed E-state index contributed by atoms with van der Waals surface area (Å²) in [5.41, 5.74) is 2.49. The number of aromatic nitrogens is 1. The van der Waals surface area contributed by atoms with E-state index in [4.69, 9.17) is 0 Å². The third-order valence-electron chi connectivity index (χ3n) is 3.72. The van der Waals surface area contributed by atoms with Gasteiger partial charge in [-0.05, 0) is 36.1 Å². The summed E-state index contributed by atoms with van der Waals surface area (Å²) < 4.78 is 27.3. The first-order valence-corrected chi connectivity index (χ1v) is 9.16. The molecule has 4 nitrogen and oxygen atoms in total. The van der Waals surface area contributed by atoms with E-state index in [0.717, 1.165) is 17.7 Å². The molecule has 1 atom stereocenters. The maximum absolute atomic E-state index is 12.3. The maximum atomic E-state index is 12.3. The van der Waals surface area contributed by atoms with Gasteiger partial charge in [0.05, 0.1) is 11.4 Å². The van der Waals surface area contributed by atoms with Crippen molar-refractivity contribution in [1.82, 2.24) is 4.98 Å². The molecule has 2 rings (SSSR count). The van der Waals surface area contributed by atoms with Crippen LogP contribution >= 0.6 is 0 Å². The first kappa shape index (κ1) is 16.5. The van der Waals surface area contributed by atoms with Crippen LogP contribution in [0.15, 0.2) is 48.7 Å². The number of anilines is 1. The fourth-order valence-electron chi connectivity index (χ4n) is 2.24. The zero-order valence-electron chi connectivity index (χ0n) is 13.0. The molecule has 0 amide bonds. The molecule has 1 aromatic heterocycles. The van der Waals surface area contributed by atoms with Crippen LogP contribution in [0.2, 0.25) is 0 Å². The third kappa shape index (κ3) is 4.56. The van der Waals surface area contributed by atoms with Crippen molar-refractivity contribution in [3.05, 3.63) is 59.9 Å². The predicted molar refractivity (Wildman–Crippen MR) is 90.5 cm³/mol. The minimum absolute atomic E-state index is 0.0266. The molecule has 1 N–H and O–H groups in total. The van der Waals surface area contributed by atoms with Gasteiger partial charge in [0.2, 0.25) is 10.0 Å². The second-order valence-electron chi connectivity index (χ2n) is 5.39. The van der Waals surface area contributed by atoms with Crippen molar-refractivity contribution in [2.45, 2.75) is 32.6 Å². The van der Waals surface area contributed by atoms with E-state index < -0.39 is 10.0 Å². The predicted octanol–water partition coefficient (Wildman–Crippen LogP) is 3.58. The maximum Gasteiger partial charge on any atom is 0.233 e. The Balaban J connectivity index is 2.09. The molecule has 0 spiro atoms. The van der Waals surface area contributed by atoms with Gasteiger partial charge in [0.1, 0.15) is 0 Å². The van der Waals surface area contributed by atoms with E-state index in [1.54, 1.807) is 6.20 Å². The summed E-state index contributed by atoms with van der Waals surface area (Å²) in [6.45, 7) is 4.19. The summed E-state index contributed by atoms with van der Waals surface area (Å²) in [4.78, 5) is 4.16. The van der Waals surface area contributed by atoms with Gasteiger partial charge >= 0.3 is 0 Å². The number of para-hydroxylation sites is 1. The molecule has 0 aliphatic rings. The zero-order valence-corrected chi connectivity index (χ0v) is 13.8. The fourth-order valence-corrected chi connectivity index (χ4v) is 3.34. The highest BCUT2D eigenvalue weighted by Crippen LogP contribution is 2.27. The fraction of sp³-hybridized carbons (Fsp3) is 0.353. The van der Waals surface area contributed by atoms with Crippen molar-refractivity contribution >= 4 is 15.7 Å². The summed E-state index contributed by atoms with van der Waals surface area (Å²) in [7, 11) is -3.39. The van der Waals surface area contributed by atoms with E-state index in [0.29, 0.717) is 18.0 Å². The molecule has 0 aliphatic carbocycles. The second kappa shape index (κ2) is 7.40. The van der Waals surface area contributed by atoms with Crippen molar-refractivity contribution in [1.29, 1.82) is 0 Å². The van der Waals surface area contributed by atoms with Crippen molar-refractivity contribution < 1.29 is 8.42 Å². The van der Waals surface area contributed by atoms with Crippen LogP contribution in [0.3, 0.4) is 0 Å². The van der Waals surface area contributed by atoms with Crippen LogP contribution in [0.1, 0.15) is 37.4 Å². The Morgan fingerprint density at radius 3 is 2.55 bits per heavy atom.